The molecule has 2 atom stereocenters. The van der Waals surface area contributed by atoms with Crippen molar-refractivity contribution in [3.05, 3.63) is 154 Å². The maximum Gasteiger partial charge on any atom is 0.0541 e. The molecule has 0 amide bonds. The summed E-state index contributed by atoms with van der Waals surface area (Å²) in [6.45, 7) is 0. The fourth-order valence-corrected chi connectivity index (χ4v) is 10.2. The molecule has 11 rings (SSSR count). The third-order valence-corrected chi connectivity index (χ3v) is 12.7. The average Bonchev–Trinajstić information content (AvgIpc) is 3.37. The van der Waals surface area contributed by atoms with Gasteiger partial charge in [0.25, 0.3) is 0 Å². The third-order valence-electron chi connectivity index (χ3n) is 11.6. The van der Waals surface area contributed by atoms with Crippen molar-refractivity contribution in [3.63, 3.8) is 0 Å². The van der Waals surface area contributed by atoms with Crippen LogP contribution >= 0.6 is 31.9 Å². The number of aromatic nitrogens is 1. The van der Waals surface area contributed by atoms with E-state index in [1.54, 1.807) is 11.1 Å². The first-order valence-corrected chi connectivity index (χ1v) is 19.2. The maximum absolute atomic E-state index is 3.68. The van der Waals surface area contributed by atoms with Crippen molar-refractivity contribution >= 4 is 70.7 Å². The Hall–Kier alpha value is -4.12. The Bertz CT molecular complexity index is 2260. The highest BCUT2D eigenvalue weighted by Crippen LogP contribution is 2.56. The van der Waals surface area contributed by atoms with E-state index in [0.717, 1.165) is 43.8 Å². The molecule has 4 bridgehead atoms. The first-order chi connectivity index (χ1) is 24.1. The van der Waals surface area contributed by atoms with Gasteiger partial charge in [-0.15, -0.1) is 0 Å². The number of fused-ring (bicyclic) bond motifs is 3. The van der Waals surface area contributed by atoms with Gasteiger partial charge in [-0.25, -0.2) is 0 Å². The van der Waals surface area contributed by atoms with Gasteiger partial charge < -0.3 is 9.47 Å². The molecule has 2 saturated carbocycles. The summed E-state index contributed by atoms with van der Waals surface area (Å²) in [5, 5.41) is 2.55. The van der Waals surface area contributed by atoms with E-state index in [1.807, 2.05) is 0 Å². The Kier molecular flexibility index (Phi) is 7.14. The molecule has 2 nitrogen and oxygen atoms in total. The van der Waals surface area contributed by atoms with E-state index in [0.29, 0.717) is 5.92 Å². The van der Waals surface area contributed by atoms with E-state index >= 15 is 0 Å². The molecule has 0 saturated heterocycles. The number of hydrogen-bond acceptors (Lipinski definition) is 1. The SMILES string of the molecule is Brc1ccc(N(c2ccc(Br)cc2)c2cc(-c3ccc4c(c3)C3CC5CC(CC4C5)C3)cc(-n3c4ccccc4c4ccccc43)c2)cc1. The second-order valence-corrected chi connectivity index (χ2v) is 16.4. The second kappa shape index (κ2) is 11.7. The van der Waals surface area contributed by atoms with Gasteiger partial charge in [0.05, 0.1) is 11.0 Å². The Balaban J connectivity index is 1.23. The molecule has 0 aliphatic heterocycles. The van der Waals surface area contributed by atoms with Crippen LogP contribution in [0, 0.1) is 11.8 Å². The molecule has 1 aromatic heterocycles. The van der Waals surface area contributed by atoms with Gasteiger partial charge in [0.2, 0.25) is 0 Å². The fourth-order valence-electron chi connectivity index (χ4n) is 9.69. The number of nitrogens with zero attached hydrogens (tertiary/aromatic N) is 2. The molecule has 0 spiro atoms. The van der Waals surface area contributed by atoms with Gasteiger partial charge in [-0.1, -0.05) is 86.5 Å². The van der Waals surface area contributed by atoms with E-state index in [9.17, 15) is 0 Å². The number of para-hydroxylation sites is 2. The second-order valence-electron chi connectivity index (χ2n) is 14.5. The van der Waals surface area contributed by atoms with Gasteiger partial charge in [0.1, 0.15) is 0 Å². The first kappa shape index (κ1) is 29.8. The Morgan fingerprint density at radius 1 is 0.469 bits per heavy atom. The van der Waals surface area contributed by atoms with Crippen LogP contribution in [0.2, 0.25) is 0 Å². The van der Waals surface area contributed by atoms with Crippen molar-refractivity contribution in [2.24, 2.45) is 11.8 Å². The molecular weight excluding hydrogens is 728 g/mol. The Morgan fingerprint density at radius 3 is 1.61 bits per heavy atom. The lowest BCUT2D eigenvalue weighted by molar-refractivity contribution is 0.166. The summed E-state index contributed by atoms with van der Waals surface area (Å²) in [7, 11) is 0. The van der Waals surface area contributed by atoms with Crippen molar-refractivity contribution in [2.75, 3.05) is 4.90 Å². The Labute approximate surface area is 304 Å². The van der Waals surface area contributed by atoms with Crippen LogP contribution in [0.15, 0.2) is 142 Å². The van der Waals surface area contributed by atoms with Crippen molar-refractivity contribution in [1.29, 1.82) is 0 Å². The van der Waals surface area contributed by atoms with Gasteiger partial charge in [-0.2, -0.15) is 0 Å². The number of rotatable bonds is 5. The van der Waals surface area contributed by atoms with Crippen molar-refractivity contribution < 1.29 is 0 Å². The highest BCUT2D eigenvalue weighted by atomic mass is 79.9. The predicted octanol–water partition coefficient (Wildman–Crippen LogP) is 13.8. The molecular formula is C45H36Br2N2. The molecule has 0 N–H and O–H groups in total. The zero-order chi connectivity index (χ0) is 32.6. The number of hydrogen-bond donors (Lipinski definition) is 0. The van der Waals surface area contributed by atoms with Gasteiger partial charge in [-0.3, -0.25) is 0 Å². The molecule has 4 aliphatic rings. The van der Waals surface area contributed by atoms with Crippen LogP contribution in [0.1, 0.15) is 55.1 Å². The monoisotopic (exact) mass is 762 g/mol. The molecule has 7 aromatic rings. The average molecular weight is 765 g/mol. The summed E-state index contributed by atoms with van der Waals surface area (Å²) in [4.78, 5) is 2.39. The van der Waals surface area contributed by atoms with E-state index in [2.05, 4.69) is 175 Å². The predicted molar refractivity (Wildman–Crippen MR) is 212 cm³/mol. The maximum atomic E-state index is 3.68. The molecule has 4 aliphatic carbocycles. The quantitative estimate of drug-likeness (QED) is 0.169. The molecule has 2 unspecified atom stereocenters. The van der Waals surface area contributed by atoms with Crippen LogP contribution in [0.4, 0.5) is 17.1 Å². The normalized spacial score (nSPS) is 20.9. The summed E-state index contributed by atoms with van der Waals surface area (Å²) in [5.74, 6) is 3.27. The van der Waals surface area contributed by atoms with E-state index in [-0.39, 0.29) is 0 Å². The van der Waals surface area contributed by atoms with Crippen LogP contribution in [-0.2, 0) is 0 Å². The lowest BCUT2D eigenvalue weighted by atomic mass is 9.67. The minimum atomic E-state index is 0.702. The van der Waals surface area contributed by atoms with Crippen molar-refractivity contribution in [3.8, 4) is 16.8 Å². The third kappa shape index (κ3) is 5.10. The van der Waals surface area contributed by atoms with Gasteiger partial charge in [0, 0.05) is 42.5 Å². The fraction of sp³-hybridized carbons (Fsp3) is 0.200. The van der Waals surface area contributed by atoms with Crippen LogP contribution in [0.5, 0.6) is 0 Å². The van der Waals surface area contributed by atoms with Crippen LogP contribution in [0.3, 0.4) is 0 Å². The standard InChI is InChI=1S/C45H36Br2N2/c46-34-10-14-36(15-11-34)48(37-16-12-35(47)13-17-37)38-24-31(30-9-18-40-32-20-28-19-29(21-32)23-33(22-28)43(40)26-30)25-39(27-38)49-44-7-3-1-5-41(44)42-6-2-4-8-45(42)49/h1-18,24-29,32-33H,19-23H2. The van der Waals surface area contributed by atoms with Crippen molar-refractivity contribution in [1.82, 2.24) is 4.57 Å². The summed E-state index contributed by atoms with van der Waals surface area (Å²) in [5.41, 5.74) is 12.8. The molecule has 49 heavy (non-hydrogen) atoms. The zero-order valence-corrected chi connectivity index (χ0v) is 30.4. The summed E-state index contributed by atoms with van der Waals surface area (Å²) < 4.78 is 4.60. The number of benzene rings is 6. The van der Waals surface area contributed by atoms with Crippen molar-refractivity contribution in [2.45, 2.75) is 43.9 Å². The highest BCUT2D eigenvalue weighted by Gasteiger charge is 2.42. The Morgan fingerprint density at radius 2 is 1.02 bits per heavy atom. The largest absolute Gasteiger partial charge is 0.310 e. The lowest BCUT2D eigenvalue weighted by Crippen LogP contribution is -2.25. The van der Waals surface area contributed by atoms with Crippen LogP contribution in [0.25, 0.3) is 38.6 Å². The zero-order valence-electron chi connectivity index (χ0n) is 27.2. The van der Waals surface area contributed by atoms with Gasteiger partial charge >= 0.3 is 0 Å². The minimum Gasteiger partial charge on any atom is -0.310 e. The molecule has 240 valence electrons. The molecule has 0 radical (unpaired) electrons. The topological polar surface area (TPSA) is 8.17 Å². The molecule has 4 heteroatoms. The summed E-state index contributed by atoms with van der Waals surface area (Å²) in [6, 6.07) is 49.7. The van der Waals surface area contributed by atoms with Crippen LogP contribution in [-0.4, -0.2) is 4.57 Å². The summed E-state index contributed by atoms with van der Waals surface area (Å²) >= 11 is 7.35. The molecule has 1 heterocycles. The van der Waals surface area contributed by atoms with E-state index in [1.165, 1.54) is 70.7 Å². The first-order valence-electron chi connectivity index (χ1n) is 17.6. The number of anilines is 3. The smallest absolute Gasteiger partial charge is 0.0541 e. The highest BCUT2D eigenvalue weighted by molar-refractivity contribution is 9.10. The van der Waals surface area contributed by atoms with Crippen LogP contribution < -0.4 is 4.90 Å². The van der Waals surface area contributed by atoms with E-state index in [4.69, 9.17) is 0 Å². The van der Waals surface area contributed by atoms with E-state index < -0.39 is 0 Å². The minimum absolute atomic E-state index is 0.702. The number of halogens is 2. The van der Waals surface area contributed by atoms with Gasteiger partial charge in [-0.05, 0) is 157 Å². The lowest BCUT2D eigenvalue weighted by Gasteiger charge is -2.38. The molecule has 2 fully saturated rings. The van der Waals surface area contributed by atoms with Gasteiger partial charge in [0.15, 0.2) is 0 Å². The molecule has 6 aromatic carbocycles. The summed E-state index contributed by atoms with van der Waals surface area (Å²) in [6.07, 6.45) is 6.98.